The van der Waals surface area contributed by atoms with Gasteiger partial charge in [-0.15, -0.1) is 0 Å². The summed E-state index contributed by atoms with van der Waals surface area (Å²) in [4.78, 5) is 74.2. The highest BCUT2D eigenvalue weighted by molar-refractivity contribution is 5.91. The van der Waals surface area contributed by atoms with Crippen LogP contribution in [0.4, 0.5) is 0 Å². The van der Waals surface area contributed by atoms with Crippen LogP contribution in [-0.2, 0) is 77.8 Å². The van der Waals surface area contributed by atoms with Crippen LogP contribution in [0.5, 0.6) is 0 Å². The molecule has 1 saturated heterocycles. The molecular formula is C34H42O17. The van der Waals surface area contributed by atoms with Gasteiger partial charge in [-0.25, -0.2) is 4.79 Å². The molecule has 0 aromatic heterocycles. The molecule has 2 heterocycles. The van der Waals surface area contributed by atoms with Gasteiger partial charge in [0.2, 0.25) is 12.6 Å². The summed E-state index contributed by atoms with van der Waals surface area (Å²) in [5.41, 5.74) is -4.00. The van der Waals surface area contributed by atoms with Crippen LogP contribution in [0.2, 0.25) is 0 Å². The number of aliphatic hydroxyl groups is 2. The number of fused-ring (bicyclic) bond motifs is 1. The van der Waals surface area contributed by atoms with Crippen LogP contribution in [-0.4, -0.2) is 114 Å². The van der Waals surface area contributed by atoms with Crippen LogP contribution in [0.15, 0.2) is 42.2 Å². The van der Waals surface area contributed by atoms with Crippen LogP contribution in [0.25, 0.3) is 0 Å². The Labute approximate surface area is 293 Å². The molecule has 0 radical (unpaired) electrons. The molecule has 2 N–H and O–H groups in total. The van der Waals surface area contributed by atoms with Crippen LogP contribution in [0, 0.1) is 5.92 Å². The molecule has 17 heteroatoms. The van der Waals surface area contributed by atoms with Gasteiger partial charge in [0.05, 0.1) is 19.3 Å². The molecule has 0 amide bonds. The quantitative estimate of drug-likeness (QED) is 0.222. The van der Waals surface area contributed by atoms with Gasteiger partial charge in [0, 0.05) is 40.5 Å². The summed E-state index contributed by atoms with van der Waals surface area (Å²) in [7, 11) is 1.07. The molecule has 0 spiro atoms. The van der Waals surface area contributed by atoms with E-state index in [1.165, 1.54) is 6.92 Å². The van der Waals surface area contributed by atoms with E-state index in [-0.39, 0.29) is 6.42 Å². The number of rotatable bonds is 12. The molecule has 3 aliphatic rings. The Bertz CT molecular complexity index is 1500. The van der Waals surface area contributed by atoms with Gasteiger partial charge in [-0.05, 0) is 18.9 Å². The molecule has 17 nitrogen and oxygen atoms in total. The number of methoxy groups -OCH3 is 1. The Morgan fingerprint density at radius 3 is 2.02 bits per heavy atom. The van der Waals surface area contributed by atoms with E-state index in [4.69, 9.17) is 42.6 Å². The second-order valence-corrected chi connectivity index (χ2v) is 12.5. The van der Waals surface area contributed by atoms with Gasteiger partial charge in [0.1, 0.15) is 35.6 Å². The molecule has 280 valence electrons. The largest absolute Gasteiger partial charge is 0.471 e. The van der Waals surface area contributed by atoms with Gasteiger partial charge >= 0.3 is 35.8 Å². The third-order valence-electron chi connectivity index (χ3n) is 8.71. The average Bonchev–Trinajstić information content (AvgIpc) is 3.25. The Kier molecular flexibility index (Phi) is 12.4. The van der Waals surface area contributed by atoms with E-state index in [0.717, 1.165) is 46.6 Å². The number of benzene rings is 1. The second-order valence-electron chi connectivity index (χ2n) is 12.5. The Hall–Kier alpha value is -4.58. The molecule has 0 unspecified atom stereocenters. The molecule has 10 atom stereocenters. The first-order valence-corrected chi connectivity index (χ1v) is 16.1. The van der Waals surface area contributed by atoms with Crippen molar-refractivity contribution in [3.63, 3.8) is 0 Å². The highest BCUT2D eigenvalue weighted by Gasteiger charge is 2.69. The molecule has 1 aromatic carbocycles. The molecule has 1 aliphatic carbocycles. The first-order valence-electron chi connectivity index (χ1n) is 16.1. The maximum Gasteiger partial charge on any atom is 0.339 e. The third kappa shape index (κ3) is 9.02. The molecule has 2 fully saturated rings. The maximum atomic E-state index is 13.0. The zero-order valence-electron chi connectivity index (χ0n) is 28.9. The summed E-state index contributed by atoms with van der Waals surface area (Å²) >= 11 is 0. The summed E-state index contributed by atoms with van der Waals surface area (Å²) in [6, 6.07) is 9.12. The van der Waals surface area contributed by atoms with E-state index in [1.807, 2.05) is 30.3 Å². The van der Waals surface area contributed by atoms with Gasteiger partial charge in [-0.2, -0.15) is 0 Å². The number of carbonyl (C=O) groups excluding carboxylic acids is 6. The normalized spacial score (nSPS) is 32.6. The number of hydrogen-bond donors (Lipinski definition) is 2. The van der Waals surface area contributed by atoms with E-state index < -0.39 is 115 Å². The van der Waals surface area contributed by atoms with Gasteiger partial charge in [-0.3, -0.25) is 24.0 Å². The van der Waals surface area contributed by atoms with E-state index in [2.05, 4.69) is 0 Å². The molecule has 4 rings (SSSR count). The fourth-order valence-electron chi connectivity index (χ4n) is 6.54. The molecule has 2 aliphatic heterocycles. The maximum absolute atomic E-state index is 13.0. The highest BCUT2D eigenvalue weighted by Crippen LogP contribution is 2.53. The molecule has 0 bridgehead atoms. The lowest BCUT2D eigenvalue weighted by atomic mass is 9.77. The zero-order chi connectivity index (χ0) is 37.7. The van der Waals surface area contributed by atoms with Crippen molar-refractivity contribution in [2.45, 2.75) is 108 Å². The molecule has 1 aromatic rings. The molecular weight excluding hydrogens is 680 g/mol. The van der Waals surface area contributed by atoms with Crippen molar-refractivity contribution in [2.24, 2.45) is 5.92 Å². The lowest BCUT2D eigenvalue weighted by Gasteiger charge is -2.47. The summed E-state index contributed by atoms with van der Waals surface area (Å²) in [6.07, 6.45) is -10.5. The fraction of sp³-hybridized carbons (Fsp3) is 0.588. The van der Waals surface area contributed by atoms with Crippen molar-refractivity contribution >= 4 is 35.8 Å². The van der Waals surface area contributed by atoms with Crippen molar-refractivity contribution in [3.8, 4) is 0 Å². The number of esters is 6. The summed E-state index contributed by atoms with van der Waals surface area (Å²) < 4.78 is 49.7. The summed E-state index contributed by atoms with van der Waals surface area (Å²) in [5, 5.41) is 24.1. The smallest absolute Gasteiger partial charge is 0.339 e. The number of aryl methyl sites for hydroxylation is 1. The molecule has 1 saturated carbocycles. The predicted molar refractivity (Wildman–Crippen MR) is 166 cm³/mol. The van der Waals surface area contributed by atoms with Crippen LogP contribution >= 0.6 is 0 Å². The van der Waals surface area contributed by atoms with E-state index in [0.29, 0.717) is 6.42 Å². The summed E-state index contributed by atoms with van der Waals surface area (Å²) in [5.74, 6) is -6.70. The predicted octanol–water partition coefficient (Wildman–Crippen LogP) is 0.546. The Morgan fingerprint density at radius 2 is 1.43 bits per heavy atom. The second kappa shape index (κ2) is 16.2. The number of hydrogen-bond acceptors (Lipinski definition) is 17. The minimum absolute atomic E-state index is 0.0689. The van der Waals surface area contributed by atoms with Crippen molar-refractivity contribution in [2.75, 3.05) is 13.7 Å². The van der Waals surface area contributed by atoms with Crippen LogP contribution in [0.3, 0.4) is 0 Å². The van der Waals surface area contributed by atoms with E-state index in [1.54, 1.807) is 0 Å². The first kappa shape index (κ1) is 39.2. The zero-order valence-corrected chi connectivity index (χ0v) is 28.9. The van der Waals surface area contributed by atoms with Crippen molar-refractivity contribution in [3.05, 3.63) is 47.7 Å². The lowest BCUT2D eigenvalue weighted by molar-refractivity contribution is -0.353. The van der Waals surface area contributed by atoms with Crippen molar-refractivity contribution in [1.82, 2.24) is 0 Å². The fourth-order valence-corrected chi connectivity index (χ4v) is 6.54. The topological polar surface area (TPSA) is 226 Å². The van der Waals surface area contributed by atoms with Gasteiger partial charge in [0.15, 0.2) is 18.3 Å². The van der Waals surface area contributed by atoms with Crippen molar-refractivity contribution < 1.29 is 81.6 Å². The van der Waals surface area contributed by atoms with E-state index >= 15 is 0 Å². The highest BCUT2D eigenvalue weighted by atomic mass is 16.8. The van der Waals surface area contributed by atoms with Gasteiger partial charge < -0.3 is 52.8 Å². The van der Waals surface area contributed by atoms with Gasteiger partial charge in [-0.1, -0.05) is 30.3 Å². The van der Waals surface area contributed by atoms with Crippen LogP contribution in [0.1, 0.15) is 53.0 Å². The van der Waals surface area contributed by atoms with Crippen molar-refractivity contribution in [1.29, 1.82) is 0 Å². The minimum Gasteiger partial charge on any atom is -0.471 e. The lowest BCUT2D eigenvalue weighted by Crippen LogP contribution is -2.65. The minimum atomic E-state index is -2.29. The molecule has 51 heavy (non-hydrogen) atoms. The van der Waals surface area contributed by atoms with E-state index in [9.17, 15) is 39.0 Å². The summed E-state index contributed by atoms with van der Waals surface area (Å²) in [6.45, 7) is 4.94. The first-order chi connectivity index (χ1) is 24.0. The Morgan fingerprint density at radius 1 is 0.824 bits per heavy atom. The average molecular weight is 723 g/mol. The van der Waals surface area contributed by atoms with Gasteiger partial charge in [0.25, 0.3) is 0 Å². The standard InChI is InChI=1S/C34H42O17/c1-17(35)44-16-23-26(46-18(2)36)27(47-19(3)37)28(48-20(4)38)31(49-23)51-32-29-33(5,41)24(14-34(29,42)22(15-45-32)30(40)43-6)50-25(39)13-12-21-10-8-7-9-11-21/h7-11,15,23-24,26-29,31-32,41-42H,12-14,16H2,1-6H3/t23-,24+,26-,27+,28-,29-,31+,32+,33+,34+/m1/s1. The van der Waals surface area contributed by atoms with Crippen LogP contribution < -0.4 is 0 Å². The SMILES string of the molecule is COC(=O)C1=CO[C@@H](O[C@@H]2O[C@H](COC(C)=O)[C@@H](OC(C)=O)[C@H](OC(C)=O)[C@H]2OC(C)=O)[C@@H]2[C@@](C)(O)[C@@H](OC(=O)CCc3ccccc3)C[C@]12O. The Balaban J connectivity index is 1.70. The third-order valence-corrected chi connectivity index (χ3v) is 8.71. The number of carbonyl (C=O) groups is 6. The number of ether oxygens (including phenoxy) is 9. The monoisotopic (exact) mass is 722 g/mol.